The Morgan fingerprint density at radius 1 is 1.60 bits per heavy atom. The molecule has 0 aliphatic rings. The Morgan fingerprint density at radius 2 is 2.35 bits per heavy atom. The highest BCUT2D eigenvalue weighted by molar-refractivity contribution is 7.98. The molecular weight excluding hydrogens is 318 g/mol. The van der Waals surface area contributed by atoms with Gasteiger partial charge in [-0.05, 0) is 12.7 Å². The van der Waals surface area contributed by atoms with Gasteiger partial charge in [0.15, 0.2) is 10.8 Å². The van der Waals surface area contributed by atoms with Crippen LogP contribution in [-0.2, 0) is 10.0 Å². The van der Waals surface area contributed by atoms with Crippen LogP contribution >= 0.6 is 23.1 Å². The molecule has 0 radical (unpaired) electrons. The van der Waals surface area contributed by atoms with Crippen molar-refractivity contribution in [3.05, 3.63) is 11.6 Å². The van der Waals surface area contributed by atoms with Gasteiger partial charge < -0.3 is 5.43 Å². The minimum atomic E-state index is -3.69. The van der Waals surface area contributed by atoms with Crippen LogP contribution in [0.5, 0.6) is 0 Å². The predicted octanol–water partition coefficient (Wildman–Crippen LogP) is 1.10. The minimum Gasteiger partial charge on any atom is -0.306 e. The number of anilines is 1. The number of rotatable bonds is 7. The van der Waals surface area contributed by atoms with Crippen LogP contribution in [0.1, 0.15) is 13.3 Å². The molecule has 0 saturated heterocycles. The summed E-state index contributed by atoms with van der Waals surface area (Å²) in [7, 11) is -3.69. The highest BCUT2D eigenvalue weighted by Crippen LogP contribution is 2.25. The first kappa shape index (κ1) is 15.6. The van der Waals surface area contributed by atoms with E-state index >= 15 is 0 Å². The van der Waals surface area contributed by atoms with E-state index in [-0.39, 0.29) is 16.9 Å². The zero-order valence-corrected chi connectivity index (χ0v) is 13.6. The van der Waals surface area contributed by atoms with Gasteiger partial charge in [-0.15, -0.1) is 11.3 Å². The smallest absolute Gasteiger partial charge is 0.260 e. The third-order valence-electron chi connectivity index (χ3n) is 2.79. The second kappa shape index (κ2) is 6.31. The van der Waals surface area contributed by atoms with Gasteiger partial charge >= 0.3 is 0 Å². The fraction of sp³-hybridized carbons (Fsp3) is 0.500. The van der Waals surface area contributed by atoms with Crippen LogP contribution in [0.25, 0.3) is 4.96 Å². The monoisotopic (exact) mass is 335 g/mol. The lowest BCUT2D eigenvalue weighted by molar-refractivity contribution is 0.554. The zero-order chi connectivity index (χ0) is 14.8. The maximum Gasteiger partial charge on any atom is 0.260 e. The van der Waals surface area contributed by atoms with Gasteiger partial charge in [0.25, 0.3) is 10.0 Å². The summed E-state index contributed by atoms with van der Waals surface area (Å²) in [5.41, 5.74) is 2.35. The third-order valence-corrected chi connectivity index (χ3v) is 5.83. The van der Waals surface area contributed by atoms with E-state index in [2.05, 4.69) is 15.1 Å². The lowest BCUT2D eigenvalue weighted by atomic mass is 10.3. The maximum absolute atomic E-state index is 12.6. The van der Waals surface area contributed by atoms with E-state index < -0.39 is 10.0 Å². The molecule has 4 N–H and O–H groups in total. The molecule has 10 heteroatoms. The van der Waals surface area contributed by atoms with Crippen molar-refractivity contribution < 1.29 is 8.42 Å². The van der Waals surface area contributed by atoms with Gasteiger partial charge in [0.2, 0.25) is 5.03 Å². The Labute approximate surface area is 126 Å². The average molecular weight is 335 g/mol. The summed E-state index contributed by atoms with van der Waals surface area (Å²) in [5.74, 6) is 6.25. The predicted molar refractivity (Wildman–Crippen MR) is 83.7 cm³/mol. The van der Waals surface area contributed by atoms with Crippen molar-refractivity contribution in [2.45, 2.75) is 24.4 Å². The topological polar surface area (TPSA) is 102 Å². The van der Waals surface area contributed by atoms with E-state index in [1.807, 2.05) is 13.2 Å². The van der Waals surface area contributed by atoms with E-state index in [9.17, 15) is 8.42 Å². The Hall–Kier alpha value is -0.810. The number of nitrogens with two attached hydrogens (primary N) is 1. The van der Waals surface area contributed by atoms with E-state index in [1.165, 1.54) is 15.7 Å². The summed E-state index contributed by atoms with van der Waals surface area (Å²) in [6, 6.07) is -0.121. The molecule has 7 nitrogen and oxygen atoms in total. The lowest BCUT2D eigenvalue weighted by Gasteiger charge is -2.16. The lowest BCUT2D eigenvalue weighted by Crippen LogP contribution is -2.37. The molecule has 1 atom stereocenters. The molecule has 2 heterocycles. The van der Waals surface area contributed by atoms with Gasteiger partial charge in [-0.2, -0.15) is 16.7 Å². The number of aromatic nitrogens is 2. The van der Waals surface area contributed by atoms with Crippen molar-refractivity contribution in [3.8, 4) is 0 Å². The summed E-state index contributed by atoms with van der Waals surface area (Å²) in [6.45, 7) is 1.95. The first-order valence-electron chi connectivity index (χ1n) is 5.97. The second-order valence-electron chi connectivity index (χ2n) is 4.15. The van der Waals surface area contributed by atoms with E-state index in [1.54, 1.807) is 23.3 Å². The van der Waals surface area contributed by atoms with Crippen LogP contribution in [0.15, 0.2) is 16.6 Å². The fourth-order valence-corrected chi connectivity index (χ4v) is 4.99. The zero-order valence-electron chi connectivity index (χ0n) is 11.2. The number of fused-ring (bicyclic) bond motifs is 1. The Morgan fingerprint density at radius 3 is 2.95 bits per heavy atom. The van der Waals surface area contributed by atoms with Crippen molar-refractivity contribution >= 4 is 43.9 Å². The molecule has 0 bridgehead atoms. The molecule has 2 rings (SSSR count). The summed E-state index contributed by atoms with van der Waals surface area (Å²) < 4.78 is 29.3. The SMILES string of the molecule is CCC(CSC)NS(=O)(=O)c1c(NN)nc2sccn12. The Bertz CT molecular complexity index is 678. The van der Waals surface area contributed by atoms with E-state index in [0.29, 0.717) is 10.7 Å². The van der Waals surface area contributed by atoms with Gasteiger partial charge in [0, 0.05) is 23.4 Å². The van der Waals surface area contributed by atoms with E-state index in [0.717, 1.165) is 6.42 Å². The minimum absolute atomic E-state index is 0.0517. The number of thiazole rings is 1. The summed E-state index contributed by atoms with van der Waals surface area (Å²) in [6.07, 6.45) is 4.33. The van der Waals surface area contributed by atoms with Crippen LogP contribution in [-0.4, -0.2) is 35.9 Å². The maximum atomic E-state index is 12.6. The number of hydrazine groups is 1. The fourth-order valence-electron chi connectivity index (χ4n) is 1.83. The number of imidazole rings is 1. The second-order valence-corrected chi connectivity index (χ2v) is 7.56. The molecule has 0 fully saturated rings. The van der Waals surface area contributed by atoms with Gasteiger partial charge in [0.05, 0.1) is 0 Å². The van der Waals surface area contributed by atoms with Crippen LogP contribution < -0.4 is 16.0 Å². The first-order valence-corrected chi connectivity index (χ1v) is 9.72. The standard InChI is InChI=1S/C10H17N5O2S3/c1-3-7(6-18-2)14-20(16,17)9-8(13-11)12-10-15(9)4-5-19-10/h4-5,7,13-14H,3,6,11H2,1-2H3. The Kier molecular flexibility index (Phi) is 4.91. The van der Waals surface area contributed by atoms with Crippen LogP contribution in [0.4, 0.5) is 5.82 Å². The quantitative estimate of drug-likeness (QED) is 0.517. The van der Waals surface area contributed by atoms with Gasteiger partial charge in [-0.1, -0.05) is 6.92 Å². The number of nitrogens with one attached hydrogen (secondary N) is 2. The third kappa shape index (κ3) is 2.93. The Balaban J connectivity index is 2.42. The van der Waals surface area contributed by atoms with Crippen LogP contribution in [0, 0.1) is 0 Å². The molecule has 2 aromatic heterocycles. The number of nitrogens with zero attached hydrogens (tertiary/aromatic N) is 2. The molecule has 0 aromatic carbocycles. The highest BCUT2D eigenvalue weighted by Gasteiger charge is 2.27. The summed E-state index contributed by atoms with van der Waals surface area (Å²) >= 11 is 2.95. The number of hydrogen-bond acceptors (Lipinski definition) is 7. The number of nitrogen functional groups attached to an aromatic ring is 1. The van der Waals surface area contributed by atoms with Gasteiger partial charge in [-0.25, -0.2) is 19.0 Å². The van der Waals surface area contributed by atoms with Crippen molar-refractivity contribution in [1.82, 2.24) is 14.1 Å². The van der Waals surface area contributed by atoms with E-state index in [4.69, 9.17) is 5.84 Å². The molecule has 112 valence electrons. The molecule has 0 aliphatic heterocycles. The van der Waals surface area contributed by atoms with Crippen molar-refractivity contribution in [2.24, 2.45) is 5.84 Å². The average Bonchev–Trinajstić information content (AvgIpc) is 2.96. The molecule has 1 unspecified atom stereocenters. The number of thioether (sulfide) groups is 1. The molecule has 2 aromatic rings. The molecule has 20 heavy (non-hydrogen) atoms. The summed E-state index contributed by atoms with van der Waals surface area (Å²) in [4.78, 5) is 4.74. The summed E-state index contributed by atoms with van der Waals surface area (Å²) in [5, 5.41) is 1.83. The van der Waals surface area contributed by atoms with Crippen LogP contribution in [0.2, 0.25) is 0 Å². The molecule has 0 amide bonds. The normalized spacial score (nSPS) is 13.8. The van der Waals surface area contributed by atoms with Crippen molar-refractivity contribution in [3.63, 3.8) is 0 Å². The number of sulfonamides is 1. The number of hydrogen-bond donors (Lipinski definition) is 3. The van der Waals surface area contributed by atoms with Crippen molar-refractivity contribution in [2.75, 3.05) is 17.4 Å². The van der Waals surface area contributed by atoms with Crippen LogP contribution in [0.3, 0.4) is 0 Å². The molecule has 0 saturated carbocycles. The molecular formula is C10H17N5O2S3. The molecule has 0 aliphatic carbocycles. The first-order chi connectivity index (χ1) is 9.53. The molecule has 0 spiro atoms. The van der Waals surface area contributed by atoms with Gasteiger partial charge in [0.1, 0.15) is 0 Å². The highest BCUT2D eigenvalue weighted by atomic mass is 32.2. The van der Waals surface area contributed by atoms with Crippen molar-refractivity contribution in [1.29, 1.82) is 0 Å². The van der Waals surface area contributed by atoms with Gasteiger partial charge in [-0.3, -0.25) is 4.40 Å². The largest absolute Gasteiger partial charge is 0.306 e.